The molecule has 17 heavy (non-hydrogen) atoms. The molecule has 0 aliphatic carbocycles. The van der Waals surface area contributed by atoms with Gasteiger partial charge < -0.3 is 0 Å². The van der Waals surface area contributed by atoms with Gasteiger partial charge in [-0.2, -0.15) is 0 Å². The fourth-order valence-electron chi connectivity index (χ4n) is 20.4. The molecule has 94 valence electrons. The first-order valence-electron chi connectivity index (χ1n) is 8.03. The van der Waals surface area contributed by atoms with Gasteiger partial charge in [-0.05, 0) is 0 Å². The summed E-state index contributed by atoms with van der Waals surface area (Å²) in [5.41, 5.74) is 0. The van der Waals surface area contributed by atoms with Gasteiger partial charge in [-0.25, -0.2) is 0 Å². The molecule has 0 radical (unpaired) electrons. The van der Waals surface area contributed by atoms with Gasteiger partial charge in [0.15, 0.2) is 0 Å². The molecule has 10 heterocycles. The van der Waals surface area contributed by atoms with Gasteiger partial charge >= 0.3 is 93.2 Å². The fraction of sp³-hybridized carbons (Fsp3) is 1.00. The molecule has 0 aromatic rings. The van der Waals surface area contributed by atoms with Gasteiger partial charge in [-0.15, -0.1) is 0 Å². The number of fused-ring (bicyclic) bond motifs is 10. The first kappa shape index (κ1) is 6.80. The van der Waals surface area contributed by atoms with Crippen molar-refractivity contribution in [3.63, 3.8) is 0 Å². The minimum atomic E-state index is -2.90. The Bertz CT molecular complexity index is 899. The summed E-state index contributed by atoms with van der Waals surface area (Å²) in [6, 6.07) is 0. The molecule has 0 saturated carbocycles. The molecule has 0 aromatic carbocycles. The molecule has 0 amide bonds. The van der Waals surface area contributed by atoms with Crippen LogP contribution in [0.4, 0.5) is 0 Å². The van der Waals surface area contributed by atoms with Crippen molar-refractivity contribution in [3.05, 3.63) is 0 Å². The van der Waals surface area contributed by atoms with Crippen LogP contribution in [0.25, 0.3) is 0 Å². The molecule has 10 fully saturated rings. The average Bonchev–Trinajstić information content (AvgIpc) is 3.22. The van der Waals surface area contributed by atoms with Crippen LogP contribution in [0.5, 0.6) is 0 Å². The van der Waals surface area contributed by atoms with E-state index in [1.54, 1.807) is 0 Å². The van der Waals surface area contributed by atoms with E-state index in [-0.39, 0.29) is 0 Å². The summed E-state index contributed by atoms with van der Waals surface area (Å²) in [5.74, 6) is 2.18. The van der Waals surface area contributed by atoms with E-state index in [0.717, 1.165) is 20.5 Å². The van der Waals surface area contributed by atoms with Crippen molar-refractivity contribution in [1.29, 1.82) is 0 Å². The molecular formula is C16H22Fe. The fourth-order valence-corrected chi connectivity index (χ4v) is 101. The zero-order valence-corrected chi connectivity index (χ0v) is 12.2. The molecule has 0 bridgehead atoms. The van der Waals surface area contributed by atoms with Crippen molar-refractivity contribution in [2.24, 2.45) is 11.8 Å². The molecule has 4 atom stereocenters. The summed E-state index contributed by atoms with van der Waals surface area (Å²) in [6.07, 6.45) is 0. The Morgan fingerprint density at radius 1 is 0.647 bits per heavy atom. The topological polar surface area (TPSA) is 0 Å². The van der Waals surface area contributed by atoms with Gasteiger partial charge in [0.05, 0.1) is 0 Å². The summed E-state index contributed by atoms with van der Waals surface area (Å²) in [5, 5.41) is 0. The zero-order chi connectivity index (χ0) is 11.1. The van der Waals surface area contributed by atoms with Crippen LogP contribution in [-0.2, 0) is 6.51 Å². The third-order valence-corrected chi connectivity index (χ3v) is 60.7. The molecule has 0 N–H and O–H groups in total. The van der Waals surface area contributed by atoms with E-state index in [0.29, 0.717) is 0 Å². The van der Waals surface area contributed by atoms with Crippen molar-refractivity contribution >= 4 is 0 Å². The molecule has 10 aliphatic rings. The zero-order valence-electron chi connectivity index (χ0n) is 11.1. The summed E-state index contributed by atoms with van der Waals surface area (Å²) in [4.78, 5) is 12.0. The second kappa shape index (κ2) is 0.519. The molecule has 1 heteroatoms. The molecule has 10 aliphatic heterocycles. The summed E-state index contributed by atoms with van der Waals surface area (Å²) < 4.78 is 2.22. The minimum absolute atomic E-state index is 1.09. The van der Waals surface area contributed by atoms with Crippen LogP contribution < -0.4 is 0 Å². The van der Waals surface area contributed by atoms with Crippen LogP contribution in [0, 0.1) is 11.8 Å². The molecule has 1 spiro atoms. The molecule has 10 rings (SSSR count). The van der Waals surface area contributed by atoms with Gasteiger partial charge in [-0.3, -0.25) is 0 Å². The van der Waals surface area contributed by atoms with Gasteiger partial charge in [0.1, 0.15) is 0 Å². The van der Waals surface area contributed by atoms with E-state index < -0.39 is 6.51 Å². The van der Waals surface area contributed by atoms with Gasteiger partial charge in [0.25, 0.3) is 0 Å². The quantitative estimate of drug-likeness (QED) is 0.587. The number of rotatable bonds is 2. The second-order valence-electron chi connectivity index (χ2n) is 12.2. The number of hydrogen-bond donors (Lipinski definition) is 0. The van der Waals surface area contributed by atoms with Crippen LogP contribution in [0.15, 0.2) is 0 Å². The molecule has 0 aromatic heterocycles. The maximum atomic E-state index is 2.66. The van der Waals surface area contributed by atoms with Crippen LogP contribution in [0.2, 0.25) is 47.2 Å². The first-order chi connectivity index (χ1) is 7.82. The first-order valence-corrected chi connectivity index (χ1v) is 14.2. The molecule has 0 nitrogen and oxygen atoms in total. The van der Waals surface area contributed by atoms with Crippen LogP contribution >= 0.6 is 0 Å². The van der Waals surface area contributed by atoms with Crippen LogP contribution in [-0.4, -0.2) is 0 Å². The standard InChI is InChI=1S/C11H17.C5H5.Fe/c1-8(2)10-6-5-7-11(10)9(3)4;1-2-4-5-3-1;/h5-9H,1-4H3;1-5H;. The van der Waals surface area contributed by atoms with Crippen molar-refractivity contribution in [2.45, 2.75) is 74.9 Å². The summed E-state index contributed by atoms with van der Waals surface area (Å²) >= 11 is 0. The molecule has 4 unspecified atom stereocenters. The third kappa shape index (κ3) is 0.0607. The Morgan fingerprint density at radius 3 is 1.12 bits per heavy atom. The van der Waals surface area contributed by atoms with Crippen LogP contribution in [0.1, 0.15) is 27.7 Å². The molecular weight excluding hydrogens is 248 g/mol. The van der Waals surface area contributed by atoms with E-state index in [1.807, 2.05) is 0 Å². The van der Waals surface area contributed by atoms with E-state index >= 15 is 0 Å². The van der Waals surface area contributed by atoms with Gasteiger partial charge in [-0.1, -0.05) is 0 Å². The average molecular weight is 270 g/mol. The van der Waals surface area contributed by atoms with Gasteiger partial charge in [0, 0.05) is 0 Å². The Balaban J connectivity index is 1.75. The second-order valence-corrected chi connectivity index (χ2v) is 35.5. The maximum absolute atomic E-state index is 2.90. The van der Waals surface area contributed by atoms with Gasteiger partial charge in [0.2, 0.25) is 0 Å². The molecule has 10 saturated heterocycles. The van der Waals surface area contributed by atoms with Crippen molar-refractivity contribution in [2.75, 3.05) is 0 Å². The Labute approximate surface area is 93.2 Å². The van der Waals surface area contributed by atoms with Crippen LogP contribution in [0.3, 0.4) is 0 Å². The Kier molecular flexibility index (Phi) is 0.208. The SMILES string of the molecule is CC(C)[C]12[CH]3[CH]4[CH]5[C]1(C(C)C)[Fe]43521678[CH]2[CH]1[CH]6[CH]7[CH]28. The van der Waals surface area contributed by atoms with Crippen molar-refractivity contribution < 1.29 is 6.51 Å². The summed E-state index contributed by atoms with van der Waals surface area (Å²) in [6.45, 7) is 7.74. The third-order valence-electron chi connectivity index (χ3n) is 16.8. The summed E-state index contributed by atoms with van der Waals surface area (Å²) in [7, 11) is 0. The predicted octanol–water partition coefficient (Wildman–Crippen LogP) is 5.43. The normalized spacial score (nSPS) is 124. The number of hydrogen-bond acceptors (Lipinski definition) is 0. The Morgan fingerprint density at radius 2 is 1.00 bits per heavy atom. The van der Waals surface area contributed by atoms with E-state index in [4.69, 9.17) is 0 Å². The van der Waals surface area contributed by atoms with E-state index in [9.17, 15) is 0 Å². The van der Waals surface area contributed by atoms with Crippen molar-refractivity contribution in [3.8, 4) is 0 Å². The van der Waals surface area contributed by atoms with E-state index in [2.05, 4.69) is 27.7 Å². The van der Waals surface area contributed by atoms with Crippen molar-refractivity contribution in [1.82, 2.24) is 0 Å². The van der Waals surface area contributed by atoms with E-state index in [1.165, 1.54) is 38.5 Å². The predicted molar refractivity (Wildman–Crippen MR) is 65.1 cm³/mol. The monoisotopic (exact) mass is 270 g/mol. The Hall–Kier alpha value is 0.519.